The summed E-state index contributed by atoms with van der Waals surface area (Å²) in [5.74, 6) is 0. The van der Waals surface area contributed by atoms with Gasteiger partial charge in [0.1, 0.15) is 0 Å². The molecule has 1 aliphatic rings. The quantitative estimate of drug-likeness (QED) is 0.301. The van der Waals surface area contributed by atoms with Gasteiger partial charge in [-0.1, -0.05) is 69.5 Å². The molecule has 0 saturated heterocycles. The molecule has 4 heteroatoms. The third-order valence-corrected chi connectivity index (χ3v) is 6.56. The molecule has 1 aliphatic carbocycles. The average Bonchev–Trinajstić information content (AvgIpc) is 3.24. The summed E-state index contributed by atoms with van der Waals surface area (Å²) in [5.41, 5.74) is 4.32. The molecular weight excluding hydrogens is 429 g/mol. The van der Waals surface area contributed by atoms with Crippen LogP contribution in [0, 0.1) is 13.0 Å². The summed E-state index contributed by atoms with van der Waals surface area (Å²) in [6.45, 7) is 6.63. The van der Waals surface area contributed by atoms with E-state index in [2.05, 4.69) is 93.6 Å². The number of benzene rings is 2. The van der Waals surface area contributed by atoms with E-state index in [4.69, 9.17) is 0 Å². The Bertz CT molecular complexity index is 942. The number of hydrogen-bond acceptors (Lipinski definition) is 0. The first kappa shape index (κ1) is 28.5. The Labute approximate surface area is 196 Å². The van der Waals surface area contributed by atoms with Gasteiger partial charge in [0.05, 0.1) is 0 Å². The Balaban J connectivity index is 0.000000569. The van der Waals surface area contributed by atoms with Crippen molar-refractivity contribution in [3.05, 3.63) is 89.5 Å². The van der Waals surface area contributed by atoms with Crippen molar-refractivity contribution >= 4 is 30.0 Å². The van der Waals surface area contributed by atoms with E-state index in [1.165, 1.54) is 57.4 Å². The molecule has 4 rings (SSSR count). The number of allylic oxidation sites excluding steroid dienone is 4. The van der Waals surface area contributed by atoms with E-state index < -0.39 is 0 Å². The third kappa shape index (κ3) is 7.66. The van der Waals surface area contributed by atoms with Crippen molar-refractivity contribution in [2.75, 3.05) is 0 Å². The molecule has 30 heavy (non-hydrogen) atoms. The zero-order valence-corrected chi connectivity index (χ0v) is 20.5. The smallest absolute Gasteiger partial charge is 1.00 e. The fourth-order valence-electron chi connectivity index (χ4n) is 3.43. The largest absolute Gasteiger partial charge is 4.00 e. The second-order valence-corrected chi connectivity index (χ2v) is 8.46. The standard InChI is InChI=1S/C16H14P.C10H15.2FH.Ti/c1-12-11-13-7-5-6-10-15(13)16(12)17-14-8-3-2-4-9-14;1-3-4-7-10-8-5-6-9(10)2;;;/h2-11,17H,1H3;6H,3-5,7H2,1-2H3;2*1H;/q2*-1;;;+4/p-2. The summed E-state index contributed by atoms with van der Waals surface area (Å²) < 4.78 is 0. The maximum atomic E-state index is 3.37. The minimum Gasteiger partial charge on any atom is -1.00 e. The molecule has 3 aromatic carbocycles. The minimum atomic E-state index is 0. The molecule has 0 nitrogen and oxygen atoms in total. The Hall–Kier alpha value is -1.47. The summed E-state index contributed by atoms with van der Waals surface area (Å²) in [6.07, 6.45) is 10.5. The molecule has 3 aromatic rings. The van der Waals surface area contributed by atoms with Gasteiger partial charge in [-0.05, 0) is 5.30 Å². The van der Waals surface area contributed by atoms with Crippen LogP contribution < -0.4 is 20.0 Å². The molecule has 0 radical (unpaired) electrons. The fourth-order valence-corrected chi connectivity index (χ4v) is 4.71. The van der Waals surface area contributed by atoms with E-state index in [0.29, 0.717) is 0 Å². The number of halogens is 2. The van der Waals surface area contributed by atoms with Crippen LogP contribution >= 0.6 is 8.58 Å². The van der Waals surface area contributed by atoms with Crippen LogP contribution in [0.15, 0.2) is 77.9 Å². The van der Waals surface area contributed by atoms with Crippen LogP contribution in [0.1, 0.15) is 45.1 Å². The average molecular weight is 458 g/mol. The fraction of sp³-hybridized carbons (Fsp3) is 0.269. The Morgan fingerprint density at radius 2 is 1.63 bits per heavy atom. The van der Waals surface area contributed by atoms with Crippen molar-refractivity contribution in [3.63, 3.8) is 0 Å². The Morgan fingerprint density at radius 1 is 0.967 bits per heavy atom. The Morgan fingerprint density at radius 3 is 2.27 bits per heavy atom. The van der Waals surface area contributed by atoms with Gasteiger partial charge in [-0.15, -0.1) is 67.8 Å². The van der Waals surface area contributed by atoms with Crippen molar-refractivity contribution in [3.8, 4) is 0 Å². The molecule has 0 saturated carbocycles. The van der Waals surface area contributed by atoms with Crippen LogP contribution in [-0.4, -0.2) is 0 Å². The van der Waals surface area contributed by atoms with Gasteiger partial charge in [0.15, 0.2) is 0 Å². The molecule has 0 aromatic heterocycles. The predicted octanol–water partition coefficient (Wildman–Crippen LogP) is 0.758. The van der Waals surface area contributed by atoms with Crippen LogP contribution in [0.2, 0.25) is 0 Å². The van der Waals surface area contributed by atoms with Gasteiger partial charge in [0.2, 0.25) is 0 Å². The molecule has 0 aliphatic heterocycles. The zero-order valence-electron chi connectivity index (χ0n) is 17.9. The van der Waals surface area contributed by atoms with Gasteiger partial charge in [0.25, 0.3) is 0 Å². The molecule has 0 fully saturated rings. The summed E-state index contributed by atoms with van der Waals surface area (Å²) in [6, 6.07) is 21.7. The van der Waals surface area contributed by atoms with Crippen molar-refractivity contribution in [1.29, 1.82) is 0 Å². The SMILES string of the molecule is CCCCC1=[C-]CC=C1C.Cc1[cH-]c2ccccc2c1Pc1ccccc1.[F-].[F-].[Ti+4]. The number of aryl methyl sites for hydroxylation is 1. The topological polar surface area (TPSA) is 0 Å². The molecule has 0 amide bonds. The first-order valence-corrected chi connectivity index (χ1v) is 10.9. The molecule has 1 unspecified atom stereocenters. The van der Waals surface area contributed by atoms with Gasteiger partial charge in [-0.3, -0.25) is 6.08 Å². The number of fused-ring (bicyclic) bond motifs is 1. The second kappa shape index (κ2) is 14.5. The van der Waals surface area contributed by atoms with Gasteiger partial charge >= 0.3 is 21.7 Å². The third-order valence-electron chi connectivity index (χ3n) is 5.02. The normalized spacial score (nSPS) is 12.2. The van der Waals surface area contributed by atoms with Crippen LogP contribution in [0.3, 0.4) is 0 Å². The van der Waals surface area contributed by atoms with Crippen molar-refractivity contribution in [2.45, 2.75) is 46.5 Å². The minimum absolute atomic E-state index is 0. The monoisotopic (exact) mass is 458 g/mol. The maximum absolute atomic E-state index is 3.37. The Kier molecular flexibility index (Phi) is 13.8. The summed E-state index contributed by atoms with van der Waals surface area (Å²) in [7, 11) is 0.754. The predicted molar refractivity (Wildman–Crippen MR) is 123 cm³/mol. The van der Waals surface area contributed by atoms with Gasteiger partial charge < -0.3 is 9.41 Å². The first-order chi connectivity index (χ1) is 13.2. The van der Waals surface area contributed by atoms with E-state index in [9.17, 15) is 0 Å². The van der Waals surface area contributed by atoms with Crippen LogP contribution in [0.4, 0.5) is 0 Å². The maximum Gasteiger partial charge on any atom is 4.00 e. The van der Waals surface area contributed by atoms with E-state index in [1.807, 2.05) is 0 Å². The van der Waals surface area contributed by atoms with Gasteiger partial charge in [-0.2, -0.15) is 6.08 Å². The summed E-state index contributed by atoms with van der Waals surface area (Å²) >= 11 is 0. The molecule has 156 valence electrons. The molecule has 1 atom stereocenters. The van der Waals surface area contributed by atoms with Crippen LogP contribution in [0.5, 0.6) is 0 Å². The van der Waals surface area contributed by atoms with Gasteiger partial charge in [0, 0.05) is 0 Å². The van der Waals surface area contributed by atoms with Gasteiger partial charge in [-0.25, -0.2) is 11.1 Å². The second-order valence-electron chi connectivity index (χ2n) is 7.13. The number of hydrogen-bond donors (Lipinski definition) is 0. The van der Waals surface area contributed by atoms with Crippen molar-refractivity contribution in [1.82, 2.24) is 0 Å². The van der Waals surface area contributed by atoms with E-state index >= 15 is 0 Å². The van der Waals surface area contributed by atoms with E-state index in [0.717, 1.165) is 15.0 Å². The first-order valence-electron chi connectivity index (χ1n) is 9.93. The van der Waals surface area contributed by atoms with E-state index in [1.54, 1.807) is 0 Å². The zero-order chi connectivity index (χ0) is 19.1. The van der Waals surface area contributed by atoms with Crippen molar-refractivity contribution < 1.29 is 31.1 Å². The summed E-state index contributed by atoms with van der Waals surface area (Å²) in [5, 5.41) is 5.68. The molecule has 0 N–H and O–H groups in total. The van der Waals surface area contributed by atoms with E-state index in [-0.39, 0.29) is 31.1 Å². The molecular formula is C26H29F2PTi. The van der Waals surface area contributed by atoms with Crippen molar-refractivity contribution in [2.24, 2.45) is 0 Å². The molecule has 0 bridgehead atoms. The number of unbranched alkanes of at least 4 members (excludes halogenated alkanes) is 1. The molecule has 0 spiro atoms. The number of rotatable bonds is 5. The molecule has 0 heterocycles. The van der Waals surface area contributed by atoms with Crippen LogP contribution in [-0.2, 0) is 21.7 Å². The van der Waals surface area contributed by atoms with Crippen LogP contribution in [0.25, 0.3) is 10.8 Å². The summed E-state index contributed by atoms with van der Waals surface area (Å²) in [4.78, 5) is 0.